The van der Waals surface area contributed by atoms with Gasteiger partial charge in [-0.3, -0.25) is 4.79 Å². The number of rotatable bonds is 2. The van der Waals surface area contributed by atoms with Gasteiger partial charge in [-0.25, -0.2) is 4.39 Å². The van der Waals surface area contributed by atoms with Gasteiger partial charge in [0.1, 0.15) is 5.82 Å². The second-order valence-electron chi connectivity index (χ2n) is 8.00. The summed E-state index contributed by atoms with van der Waals surface area (Å²) in [5.74, 6) is -0.260. The number of nitrogens with zero attached hydrogens (tertiary/aromatic N) is 1. The Balaban J connectivity index is 0.000000423. The predicted molar refractivity (Wildman–Crippen MR) is 129 cm³/mol. The zero-order chi connectivity index (χ0) is 23.6. The Hall–Kier alpha value is -3.14. The largest absolute Gasteiger partial charge is 0.512 e. The third kappa shape index (κ3) is 5.62. The van der Waals surface area contributed by atoms with Crippen molar-refractivity contribution in [2.45, 2.75) is 27.7 Å². The van der Waals surface area contributed by atoms with Crippen LogP contribution in [-0.4, -0.2) is 10.9 Å². The number of hydrogen-bond donors (Lipinski definition) is 1. The Morgan fingerprint density at radius 1 is 1.00 bits per heavy atom. The van der Waals surface area contributed by atoms with E-state index < -0.39 is 0 Å². The molecule has 0 saturated carbocycles. The molecule has 33 heavy (non-hydrogen) atoms. The summed E-state index contributed by atoms with van der Waals surface area (Å²) in [4.78, 5) is 10.0. The summed E-state index contributed by atoms with van der Waals surface area (Å²) in [5, 5.41) is 12.0. The quantitative estimate of drug-likeness (QED) is 0.0907. The van der Waals surface area contributed by atoms with Crippen LogP contribution in [0.2, 0.25) is 0 Å². The number of benzene rings is 3. The van der Waals surface area contributed by atoms with Crippen molar-refractivity contribution in [1.29, 1.82) is 0 Å². The summed E-state index contributed by atoms with van der Waals surface area (Å²) in [5.41, 5.74) is 5.40. The van der Waals surface area contributed by atoms with E-state index in [1.165, 1.54) is 31.6 Å². The van der Waals surface area contributed by atoms with Crippen molar-refractivity contribution in [3.8, 4) is 11.3 Å². The number of aryl methyl sites for hydroxylation is 2. The van der Waals surface area contributed by atoms with Crippen LogP contribution in [0.4, 0.5) is 4.39 Å². The van der Waals surface area contributed by atoms with Crippen LogP contribution in [0.25, 0.3) is 32.8 Å². The molecule has 4 aromatic rings. The number of aromatic nitrogens is 1. The molecule has 1 heterocycles. The molecule has 0 aliphatic carbocycles. The van der Waals surface area contributed by atoms with Gasteiger partial charge >= 0.3 is 0 Å². The fourth-order valence-corrected chi connectivity index (χ4v) is 3.93. The first kappa shape index (κ1) is 26.1. The van der Waals surface area contributed by atoms with Crippen molar-refractivity contribution in [3.63, 3.8) is 0 Å². The first-order chi connectivity index (χ1) is 15.1. The van der Waals surface area contributed by atoms with Crippen LogP contribution >= 0.6 is 0 Å². The molecule has 0 aliphatic heterocycles. The number of pyridine rings is 1. The monoisotopic (exact) mass is 621 g/mol. The number of carbonyl (C=O) groups excluding carboxylic acids is 1. The van der Waals surface area contributed by atoms with Gasteiger partial charge in [0.2, 0.25) is 0 Å². The molecule has 0 fully saturated rings. The van der Waals surface area contributed by atoms with Crippen LogP contribution in [0.15, 0.2) is 66.6 Å². The van der Waals surface area contributed by atoms with Gasteiger partial charge in [0.15, 0.2) is 5.78 Å². The van der Waals surface area contributed by atoms with E-state index in [0.29, 0.717) is 5.39 Å². The molecule has 3 nitrogen and oxygen atoms in total. The number of carbonyl (C=O) groups is 1. The predicted octanol–water partition coefficient (Wildman–Crippen LogP) is 6.56. The maximum absolute atomic E-state index is 14.2. The van der Waals surface area contributed by atoms with Gasteiger partial charge in [-0.1, -0.05) is 36.8 Å². The summed E-state index contributed by atoms with van der Waals surface area (Å²) in [7, 11) is 4.16. The Labute approximate surface area is 207 Å². The molecule has 0 saturated heterocycles. The summed E-state index contributed by atoms with van der Waals surface area (Å²) < 4.78 is 16.0. The molecule has 173 valence electrons. The van der Waals surface area contributed by atoms with Crippen LogP contribution in [0.3, 0.4) is 0 Å². The minimum absolute atomic E-state index is 0. The van der Waals surface area contributed by atoms with Crippen molar-refractivity contribution >= 4 is 27.3 Å². The van der Waals surface area contributed by atoms with Gasteiger partial charge < -0.3 is 9.67 Å². The van der Waals surface area contributed by atoms with Crippen LogP contribution in [-0.2, 0) is 24.9 Å². The smallest absolute Gasteiger partial charge is 0.155 e. The maximum atomic E-state index is 14.2. The zero-order valence-corrected chi connectivity index (χ0v) is 21.6. The molecular formula is C28H27FIrNO2-. The van der Waals surface area contributed by atoms with E-state index in [-0.39, 0.29) is 37.5 Å². The second kappa shape index (κ2) is 10.7. The number of aliphatic hydroxyl groups is 1. The molecule has 1 aromatic heterocycles. The number of fused-ring (bicyclic) bond motifs is 3. The zero-order valence-electron chi connectivity index (χ0n) is 19.2. The van der Waals surface area contributed by atoms with E-state index in [1.54, 1.807) is 6.07 Å². The maximum Gasteiger partial charge on any atom is 0.155 e. The average Bonchev–Trinajstić information content (AvgIpc) is 2.70. The first-order valence-electron chi connectivity index (χ1n) is 10.3. The Morgan fingerprint density at radius 2 is 1.64 bits per heavy atom. The Kier molecular flexibility index (Phi) is 8.43. The fraction of sp³-hybridized carbons (Fsp3) is 0.143. The Morgan fingerprint density at radius 3 is 2.24 bits per heavy atom. The van der Waals surface area contributed by atoms with E-state index in [9.17, 15) is 9.18 Å². The van der Waals surface area contributed by atoms with E-state index in [1.807, 2.05) is 35.0 Å². The first-order valence-corrected chi connectivity index (χ1v) is 10.3. The molecule has 1 radical (unpaired) electrons. The molecule has 0 spiro atoms. The van der Waals surface area contributed by atoms with Gasteiger partial charge in [0, 0.05) is 38.6 Å². The molecule has 3 aromatic carbocycles. The van der Waals surface area contributed by atoms with Crippen molar-refractivity contribution in [2.75, 3.05) is 0 Å². The van der Waals surface area contributed by atoms with E-state index in [2.05, 4.69) is 40.0 Å². The number of halogens is 1. The average molecular weight is 621 g/mol. The summed E-state index contributed by atoms with van der Waals surface area (Å²) in [6.45, 7) is 11.3. The standard InChI is InChI=1S/C23H19FN.C5H8O2.Ir/c1-14-12-15(2)16(3)21(13-14)23-20-9-8-19-17(6-5-7-22(19)24)18(20)10-11-25(23)4;1-4(6)3-5(2)7;/h5-13H,3-4H2,1-2H3;3,6H,1-2H3;/q-1;;/b;4-3-;. The molecule has 0 amide bonds. The van der Waals surface area contributed by atoms with Crippen molar-refractivity contribution in [3.05, 3.63) is 103 Å². The van der Waals surface area contributed by atoms with Crippen molar-refractivity contribution in [2.24, 2.45) is 0 Å². The molecule has 0 bridgehead atoms. The van der Waals surface area contributed by atoms with Crippen LogP contribution < -0.4 is 4.57 Å². The van der Waals surface area contributed by atoms with E-state index in [4.69, 9.17) is 5.11 Å². The minimum atomic E-state index is -0.198. The summed E-state index contributed by atoms with van der Waals surface area (Å²) >= 11 is 0. The third-order valence-electron chi connectivity index (χ3n) is 5.30. The molecule has 4 rings (SSSR count). The van der Waals surface area contributed by atoms with Gasteiger partial charge in [-0.05, 0) is 49.1 Å². The van der Waals surface area contributed by atoms with Gasteiger partial charge in [-0.2, -0.15) is 18.1 Å². The van der Waals surface area contributed by atoms with Crippen LogP contribution in [0.1, 0.15) is 30.5 Å². The van der Waals surface area contributed by atoms with Gasteiger partial charge in [-0.15, -0.1) is 17.7 Å². The normalized spacial score (nSPS) is 11.0. The van der Waals surface area contributed by atoms with E-state index >= 15 is 0 Å². The number of hydrogen-bond acceptors (Lipinski definition) is 2. The molecule has 0 aliphatic rings. The molecule has 0 unspecified atom stereocenters. The number of aliphatic hydroxyl groups excluding tert-OH is 1. The van der Waals surface area contributed by atoms with Crippen molar-refractivity contribution < 1.29 is 39.0 Å². The van der Waals surface area contributed by atoms with E-state index in [0.717, 1.165) is 38.5 Å². The fourth-order valence-electron chi connectivity index (χ4n) is 3.93. The third-order valence-corrected chi connectivity index (χ3v) is 5.30. The molecular weight excluding hydrogens is 594 g/mol. The molecule has 1 N–H and O–H groups in total. The van der Waals surface area contributed by atoms with Gasteiger partial charge in [0.05, 0.1) is 17.6 Å². The second-order valence-corrected chi connectivity index (χ2v) is 8.00. The molecule has 0 atom stereocenters. The van der Waals surface area contributed by atoms with Gasteiger partial charge in [0.25, 0.3) is 0 Å². The van der Waals surface area contributed by atoms with Crippen LogP contribution in [0, 0.1) is 33.6 Å². The minimum Gasteiger partial charge on any atom is -0.512 e. The SMILES string of the molecule is CC(=O)/C=C(/C)O.[CH2-]c1c(C)cc(C)cc1-c1c2ccc3c(F)cccc3c2cc[n+]1[CH2-].[Ir]. The van der Waals surface area contributed by atoms with Crippen molar-refractivity contribution in [1.82, 2.24) is 0 Å². The number of ketones is 1. The number of allylic oxidation sites excluding steroid dienone is 2. The van der Waals surface area contributed by atoms with Crippen LogP contribution in [0.5, 0.6) is 0 Å². The Bertz CT molecular complexity index is 1370. The summed E-state index contributed by atoms with van der Waals surface area (Å²) in [6.07, 6.45) is 3.10. The summed E-state index contributed by atoms with van der Waals surface area (Å²) in [6, 6.07) is 15.3. The topological polar surface area (TPSA) is 41.2 Å². The molecule has 5 heteroatoms.